The first-order valence-electron chi connectivity index (χ1n) is 33.7. The van der Waals surface area contributed by atoms with Gasteiger partial charge in [-0.2, -0.15) is 0 Å². The van der Waals surface area contributed by atoms with Gasteiger partial charge in [-0.3, -0.25) is 28.8 Å². The molecular weight excluding hydrogens is 1250 g/mol. The monoisotopic (exact) mass is 1350 g/mol. The number of allylic oxidation sites excluding steroid dienone is 5. The lowest BCUT2D eigenvalue weighted by Crippen LogP contribution is -2.61. The number of carbonyl (C=O) groups excluding carboxylic acids is 6. The molecule has 1 aromatic heterocycles. The summed E-state index contributed by atoms with van der Waals surface area (Å²) in [5.74, 6) is -3.77. The number of aliphatic hydroxyl groups is 7. The lowest BCUT2D eigenvalue weighted by atomic mass is 9.46. The van der Waals surface area contributed by atoms with Gasteiger partial charge in [-0.15, -0.1) is 17.9 Å². The lowest BCUT2D eigenvalue weighted by molar-refractivity contribution is -0.178. The maximum Gasteiger partial charge on any atom is 0.309 e. The summed E-state index contributed by atoms with van der Waals surface area (Å²) in [5, 5.41) is 105. The van der Waals surface area contributed by atoms with Gasteiger partial charge in [-0.05, 0) is 137 Å². The van der Waals surface area contributed by atoms with Gasteiger partial charge in [0.25, 0.3) is 0 Å². The maximum atomic E-state index is 13.6. The van der Waals surface area contributed by atoms with Crippen LogP contribution in [0.25, 0.3) is 10.2 Å². The van der Waals surface area contributed by atoms with Crippen molar-refractivity contribution in [2.45, 2.75) is 161 Å². The van der Waals surface area contributed by atoms with Gasteiger partial charge in [0.15, 0.2) is 11.6 Å². The quantitative estimate of drug-likeness (QED) is 0.0148. The zero-order chi connectivity index (χ0) is 69.8. The number of epoxide rings is 1. The van der Waals surface area contributed by atoms with Crippen LogP contribution in [0.5, 0.6) is 11.5 Å². The fourth-order valence-corrected chi connectivity index (χ4v) is 17.1. The van der Waals surface area contributed by atoms with E-state index in [9.17, 15) is 64.5 Å². The predicted octanol–water partition coefficient (Wildman–Crippen LogP) is 6.87. The Kier molecular flexibility index (Phi) is 23.2. The van der Waals surface area contributed by atoms with E-state index in [1.165, 1.54) is 12.1 Å². The van der Waals surface area contributed by atoms with Crippen molar-refractivity contribution in [3.05, 3.63) is 112 Å². The Morgan fingerprint density at radius 2 is 1.43 bits per heavy atom. The molecule has 7 aliphatic rings. The van der Waals surface area contributed by atoms with Crippen molar-refractivity contribution in [3.8, 4) is 11.5 Å². The first-order chi connectivity index (χ1) is 45.5. The number of Topliss-reactive ketones (excluding diaryl/α,β-unsaturated/α-hetero) is 2. The smallest absolute Gasteiger partial charge is 0.309 e. The minimum absolute atomic E-state index is 0.00912. The number of ether oxygens (including phenoxy) is 2. The highest BCUT2D eigenvalue weighted by Crippen LogP contribution is 2.67. The average Bonchev–Trinajstić information content (AvgIpc) is 1.36. The van der Waals surface area contributed by atoms with E-state index < -0.39 is 76.7 Å². The van der Waals surface area contributed by atoms with Crippen LogP contribution in [0.2, 0.25) is 0 Å². The summed E-state index contributed by atoms with van der Waals surface area (Å²) in [6, 6.07) is 11.7. The third-order valence-corrected chi connectivity index (χ3v) is 22.8. The number of aliphatic hydroxyl groups excluding tert-OH is 6. The minimum Gasteiger partial charge on any atom is -0.507 e. The second-order valence-corrected chi connectivity index (χ2v) is 29.5. The largest absolute Gasteiger partial charge is 0.507 e. The Balaban J connectivity index is 0.000000172. The van der Waals surface area contributed by atoms with Gasteiger partial charge in [0.2, 0.25) is 11.6 Å². The number of rotatable bonds is 17. The van der Waals surface area contributed by atoms with Crippen molar-refractivity contribution in [2.75, 3.05) is 69.7 Å². The molecule has 2 saturated heterocycles. The van der Waals surface area contributed by atoms with E-state index in [2.05, 4.69) is 46.7 Å². The number of hydrogen-bond donors (Lipinski definition) is 13. The van der Waals surface area contributed by atoms with Crippen LogP contribution < -0.4 is 21.3 Å². The summed E-state index contributed by atoms with van der Waals surface area (Å²) in [6.45, 7) is 19.2. The SMILES string of the molecule is C=CC[C@H]1C(=O)C(C)(C)[C@@H](O)CC(=O)O[C@H](c2ccc3sc(C)nc3c2)C[C@@H]2O[C@]2(C)CCC[C@H](C)[C@@H]1O.C[C@]12C=CC(=O)C=C1CC[C@@H]1[C@@H]2[C@@H](O)C[C@@]2(C)[C@H]1CC[C@]2(O)C(=O)CO.O=C1c2c(O)ccc(O)c2C(=O)c2c(NCCNCCO)ccc(NCCNCCO)c21. The molecule has 11 rings (SSSR count). The highest BCUT2D eigenvalue weighted by Gasteiger charge is 2.68. The molecule has 5 fully saturated rings. The Bertz CT molecular complexity index is 3560. The van der Waals surface area contributed by atoms with Crippen LogP contribution in [0.4, 0.5) is 11.4 Å². The first kappa shape index (κ1) is 73.6. The molecular formula is C73H97N5O17S. The number of benzene rings is 3. The standard InChI is InChI=1S/C30H41NO6S.C22H28N4O6.C21H28O5/c1-7-9-20-27(34)17(2)10-8-13-30(6)25(37-30)15-22(19-11-12-23-21(14-19)31-18(3)38-23)36-26(33)16-24(32)29(4,5)28(20)35;27-11-9-23-5-7-25-13-1-2-14(26-8-6-24-10-12-28)18-17(13)21(31)19-15(29)3-4-16(30)20(19)22(18)32;1-19-7-5-13(23)9-12(19)3-4-14-15-6-8-21(26,17(25)11-22)20(15,2)10-16(24)18(14)19/h7,11-12,14,17,20,22,24-25,27,32,34H,1,8-10,13,15-16H2,2-6H3;1-4,23-30H,5-12H2;5,7,9,14-16,18,22,24,26H,3-4,6,8,10-11H2,1-2H3/t17-,20+,22-,24-,25-,27-,30+;;14-,15-,16-,18+,19-,20-,21-/m0.0/s1. The van der Waals surface area contributed by atoms with E-state index in [4.69, 9.17) is 19.7 Å². The number of nitrogens with zero attached hydrogens (tertiary/aromatic N) is 1. The number of aromatic nitrogens is 1. The number of nitrogens with one attached hydrogen (secondary N) is 4. The Labute approximate surface area is 564 Å². The molecule has 4 aromatic rings. The molecule has 5 aliphatic carbocycles. The molecule has 13 N–H and O–H groups in total. The van der Waals surface area contributed by atoms with Gasteiger partial charge in [0.1, 0.15) is 35.6 Å². The highest BCUT2D eigenvalue weighted by molar-refractivity contribution is 7.18. The number of fused-ring (bicyclic) bond motifs is 9. The molecule has 0 unspecified atom stereocenters. The fourth-order valence-electron chi connectivity index (χ4n) is 16.3. The van der Waals surface area contributed by atoms with Crippen LogP contribution in [-0.2, 0) is 28.7 Å². The predicted molar refractivity (Wildman–Crippen MR) is 363 cm³/mol. The minimum atomic E-state index is -1.56. The Morgan fingerprint density at radius 3 is 2.02 bits per heavy atom. The fraction of sp³-hybridized carbons (Fsp3) is 0.575. The molecule has 0 spiro atoms. The molecule has 0 amide bonds. The van der Waals surface area contributed by atoms with Crippen molar-refractivity contribution < 1.29 is 84.2 Å². The number of esters is 1. The number of cyclic esters (lactones) is 1. The van der Waals surface area contributed by atoms with E-state index in [-0.39, 0.29) is 106 Å². The molecule has 3 heterocycles. The van der Waals surface area contributed by atoms with Gasteiger partial charge in [0, 0.05) is 79.7 Å². The molecule has 0 radical (unpaired) electrons. The molecule has 0 bridgehead atoms. The summed E-state index contributed by atoms with van der Waals surface area (Å²) in [5.41, 5.74) is -0.749. The molecule has 23 heteroatoms. The summed E-state index contributed by atoms with van der Waals surface area (Å²) in [4.78, 5) is 82.2. The molecule has 14 atom stereocenters. The van der Waals surface area contributed by atoms with Crippen molar-refractivity contribution in [1.29, 1.82) is 0 Å². The number of hydrogen-bond acceptors (Lipinski definition) is 23. The number of thiazole rings is 1. The van der Waals surface area contributed by atoms with Crippen molar-refractivity contribution >= 4 is 67.8 Å². The lowest BCUT2D eigenvalue weighted by Gasteiger charge is -2.59. The average molecular weight is 1350 g/mol. The van der Waals surface area contributed by atoms with Crippen molar-refractivity contribution in [3.63, 3.8) is 0 Å². The second kappa shape index (κ2) is 30.2. The van der Waals surface area contributed by atoms with Gasteiger partial charge in [-0.1, -0.05) is 64.8 Å². The van der Waals surface area contributed by atoms with Crippen molar-refractivity contribution in [1.82, 2.24) is 15.6 Å². The first-order valence-corrected chi connectivity index (χ1v) is 34.5. The molecule has 3 aromatic carbocycles. The number of carbonyl (C=O) groups is 6. The van der Waals surface area contributed by atoms with Crippen LogP contribution in [0.15, 0.2) is 78.9 Å². The number of anilines is 2. The van der Waals surface area contributed by atoms with E-state index in [1.807, 2.05) is 45.0 Å². The van der Waals surface area contributed by atoms with Crippen LogP contribution >= 0.6 is 11.3 Å². The summed E-state index contributed by atoms with van der Waals surface area (Å²) in [7, 11) is 0. The number of phenols is 2. The van der Waals surface area contributed by atoms with E-state index in [1.54, 1.807) is 55.5 Å². The van der Waals surface area contributed by atoms with Gasteiger partial charge < -0.3 is 76.7 Å². The van der Waals surface area contributed by atoms with Crippen LogP contribution in [0.3, 0.4) is 0 Å². The van der Waals surface area contributed by atoms with Gasteiger partial charge in [-0.25, -0.2) is 4.98 Å². The zero-order valence-corrected chi connectivity index (χ0v) is 56.9. The molecule has 2 aliphatic heterocycles. The van der Waals surface area contributed by atoms with E-state index in [0.717, 1.165) is 64.9 Å². The summed E-state index contributed by atoms with van der Waals surface area (Å²) >= 11 is 1.61. The topological polar surface area (TPSA) is 367 Å². The molecule has 522 valence electrons. The number of phenolic OH excluding ortho intramolecular Hbond substituents is 2. The van der Waals surface area contributed by atoms with Gasteiger partial charge in [0.05, 0.1) is 92.5 Å². The Morgan fingerprint density at radius 1 is 0.802 bits per heavy atom. The highest BCUT2D eigenvalue weighted by atomic mass is 32.1. The molecule has 96 heavy (non-hydrogen) atoms. The number of aromatic hydroxyl groups is 2. The summed E-state index contributed by atoms with van der Waals surface area (Å²) < 4.78 is 13.2. The van der Waals surface area contributed by atoms with Gasteiger partial charge >= 0.3 is 5.97 Å². The maximum absolute atomic E-state index is 13.6. The van der Waals surface area contributed by atoms with Crippen LogP contribution in [0.1, 0.15) is 161 Å². The van der Waals surface area contributed by atoms with E-state index >= 15 is 0 Å². The number of aryl methyl sites for hydroxylation is 1. The molecule has 3 saturated carbocycles. The third-order valence-electron chi connectivity index (χ3n) is 21.9. The Hall–Kier alpha value is -6.61. The van der Waals surface area contributed by atoms with Crippen LogP contribution in [0, 0.1) is 52.8 Å². The molecule has 22 nitrogen and oxygen atoms in total. The third kappa shape index (κ3) is 14.7. The van der Waals surface area contributed by atoms with Crippen molar-refractivity contribution in [2.24, 2.45) is 45.8 Å². The number of ketones is 5. The summed E-state index contributed by atoms with van der Waals surface area (Å²) in [6.07, 6.45) is 9.39. The second-order valence-electron chi connectivity index (χ2n) is 28.3. The van der Waals surface area contributed by atoms with Crippen LogP contribution in [-0.4, -0.2) is 181 Å². The van der Waals surface area contributed by atoms with E-state index in [0.29, 0.717) is 76.3 Å². The zero-order valence-electron chi connectivity index (χ0n) is 56.1. The normalized spacial score (nSPS) is 31.5.